The third-order valence-electron chi connectivity index (χ3n) is 4.96. The fourth-order valence-electron chi connectivity index (χ4n) is 3.12. The molecule has 0 aromatic heterocycles. The second kappa shape index (κ2) is 9.42. The first-order valence-corrected chi connectivity index (χ1v) is 9.61. The van der Waals surface area contributed by atoms with Crippen LogP contribution in [0.5, 0.6) is 5.75 Å². The van der Waals surface area contributed by atoms with Gasteiger partial charge in [-0.05, 0) is 42.2 Å². The van der Waals surface area contributed by atoms with Crippen molar-refractivity contribution in [2.75, 3.05) is 43.1 Å². The quantitative estimate of drug-likeness (QED) is 0.801. The highest BCUT2D eigenvalue weighted by Gasteiger charge is 2.16. The molecule has 2 aromatic carbocycles. The molecule has 0 saturated carbocycles. The monoisotopic (exact) mass is 368 g/mol. The van der Waals surface area contributed by atoms with Crippen LogP contribution < -0.4 is 15.0 Å². The molecule has 27 heavy (non-hydrogen) atoms. The maximum atomic E-state index is 12.4. The van der Waals surface area contributed by atoms with Gasteiger partial charge in [0.15, 0.2) is 6.61 Å². The van der Waals surface area contributed by atoms with Crippen LogP contribution in [0.2, 0.25) is 0 Å². The molecule has 1 fully saturated rings. The lowest BCUT2D eigenvalue weighted by Gasteiger charge is -2.30. The molecule has 1 saturated heterocycles. The third-order valence-corrected chi connectivity index (χ3v) is 4.96. The Morgan fingerprint density at radius 1 is 1.15 bits per heavy atom. The zero-order valence-electron chi connectivity index (χ0n) is 16.1. The SMILES string of the molecule is CC[C@H](C)c1ccc(OCC(=O)Nc2ccccc2N2CCOCC2)cc1. The molecule has 0 bridgehead atoms. The lowest BCUT2D eigenvalue weighted by molar-refractivity contribution is -0.118. The second-order valence-electron chi connectivity index (χ2n) is 6.83. The van der Waals surface area contributed by atoms with Crippen LogP contribution in [0.25, 0.3) is 0 Å². The summed E-state index contributed by atoms with van der Waals surface area (Å²) in [6.45, 7) is 7.43. The molecule has 5 heteroatoms. The highest BCUT2D eigenvalue weighted by atomic mass is 16.5. The fourth-order valence-corrected chi connectivity index (χ4v) is 3.12. The summed E-state index contributed by atoms with van der Waals surface area (Å²) in [6, 6.07) is 15.8. The first-order chi connectivity index (χ1) is 13.2. The number of morpholine rings is 1. The number of nitrogens with zero attached hydrogens (tertiary/aromatic N) is 1. The molecular formula is C22H28N2O3. The summed E-state index contributed by atoms with van der Waals surface area (Å²) in [4.78, 5) is 14.6. The smallest absolute Gasteiger partial charge is 0.262 e. The highest BCUT2D eigenvalue weighted by molar-refractivity contribution is 5.95. The fraction of sp³-hybridized carbons (Fsp3) is 0.409. The van der Waals surface area contributed by atoms with Gasteiger partial charge in [-0.15, -0.1) is 0 Å². The molecule has 3 rings (SSSR count). The summed E-state index contributed by atoms with van der Waals surface area (Å²) in [5, 5.41) is 2.97. The predicted octanol–water partition coefficient (Wildman–Crippen LogP) is 4.05. The van der Waals surface area contributed by atoms with Crippen LogP contribution in [-0.4, -0.2) is 38.8 Å². The number of carbonyl (C=O) groups is 1. The van der Waals surface area contributed by atoms with Crippen molar-refractivity contribution in [2.45, 2.75) is 26.2 Å². The van der Waals surface area contributed by atoms with E-state index in [1.54, 1.807) is 0 Å². The lowest BCUT2D eigenvalue weighted by atomic mass is 9.99. The van der Waals surface area contributed by atoms with Crippen LogP contribution in [0.3, 0.4) is 0 Å². The maximum Gasteiger partial charge on any atom is 0.262 e. The van der Waals surface area contributed by atoms with E-state index in [0.29, 0.717) is 24.9 Å². The van der Waals surface area contributed by atoms with E-state index < -0.39 is 0 Å². The Morgan fingerprint density at radius 2 is 1.85 bits per heavy atom. The van der Waals surface area contributed by atoms with E-state index in [1.807, 2.05) is 36.4 Å². The van der Waals surface area contributed by atoms with Crippen molar-refractivity contribution >= 4 is 17.3 Å². The summed E-state index contributed by atoms with van der Waals surface area (Å²) in [5.41, 5.74) is 3.11. The van der Waals surface area contributed by atoms with E-state index >= 15 is 0 Å². The number of amides is 1. The van der Waals surface area contributed by atoms with Gasteiger partial charge < -0.3 is 19.7 Å². The molecule has 1 N–H and O–H groups in total. The molecule has 1 aliphatic rings. The van der Waals surface area contributed by atoms with Gasteiger partial charge in [0.1, 0.15) is 5.75 Å². The molecular weight excluding hydrogens is 340 g/mol. The van der Waals surface area contributed by atoms with Crippen molar-refractivity contribution in [1.29, 1.82) is 0 Å². The predicted molar refractivity (Wildman–Crippen MR) is 109 cm³/mol. The van der Waals surface area contributed by atoms with E-state index in [-0.39, 0.29) is 12.5 Å². The van der Waals surface area contributed by atoms with Gasteiger partial charge in [0, 0.05) is 13.1 Å². The zero-order valence-corrected chi connectivity index (χ0v) is 16.1. The van der Waals surface area contributed by atoms with Crippen LogP contribution in [-0.2, 0) is 9.53 Å². The van der Waals surface area contributed by atoms with Crippen molar-refractivity contribution in [1.82, 2.24) is 0 Å². The average molecular weight is 368 g/mol. The molecule has 144 valence electrons. The maximum absolute atomic E-state index is 12.4. The Labute approximate surface area is 161 Å². The number of nitrogens with one attached hydrogen (secondary N) is 1. The number of carbonyl (C=O) groups excluding carboxylic acids is 1. The third kappa shape index (κ3) is 5.23. The number of para-hydroxylation sites is 2. The standard InChI is InChI=1S/C22H28N2O3/c1-3-17(2)18-8-10-19(11-9-18)27-16-22(25)23-20-6-4-5-7-21(20)24-12-14-26-15-13-24/h4-11,17H,3,12-16H2,1-2H3,(H,23,25)/t17-/m0/s1. The number of hydrogen-bond donors (Lipinski definition) is 1. The molecule has 1 heterocycles. The summed E-state index contributed by atoms with van der Waals surface area (Å²) in [7, 11) is 0. The van der Waals surface area contributed by atoms with Gasteiger partial charge in [-0.2, -0.15) is 0 Å². The Hall–Kier alpha value is -2.53. The topological polar surface area (TPSA) is 50.8 Å². The molecule has 0 radical (unpaired) electrons. The van der Waals surface area contributed by atoms with Crippen LogP contribution in [0, 0.1) is 0 Å². The first kappa shape index (κ1) is 19.2. The van der Waals surface area contributed by atoms with Crippen LogP contribution in [0.1, 0.15) is 31.7 Å². The van der Waals surface area contributed by atoms with Gasteiger partial charge in [-0.3, -0.25) is 4.79 Å². The number of benzene rings is 2. The Balaban J connectivity index is 1.56. The van der Waals surface area contributed by atoms with E-state index in [4.69, 9.17) is 9.47 Å². The summed E-state index contributed by atoms with van der Waals surface area (Å²) in [6.07, 6.45) is 1.10. The highest BCUT2D eigenvalue weighted by Crippen LogP contribution is 2.26. The summed E-state index contributed by atoms with van der Waals surface area (Å²) in [5.74, 6) is 1.07. The van der Waals surface area contributed by atoms with Crippen LogP contribution in [0.4, 0.5) is 11.4 Å². The number of rotatable bonds is 7. The minimum Gasteiger partial charge on any atom is -0.484 e. The van der Waals surface area contributed by atoms with Gasteiger partial charge in [-0.25, -0.2) is 0 Å². The number of anilines is 2. The summed E-state index contributed by atoms with van der Waals surface area (Å²) >= 11 is 0. The molecule has 1 aliphatic heterocycles. The Morgan fingerprint density at radius 3 is 2.56 bits per heavy atom. The van der Waals surface area contributed by atoms with Crippen molar-refractivity contribution in [3.63, 3.8) is 0 Å². The van der Waals surface area contributed by atoms with Gasteiger partial charge in [0.2, 0.25) is 0 Å². The number of hydrogen-bond acceptors (Lipinski definition) is 4. The van der Waals surface area contributed by atoms with E-state index in [9.17, 15) is 4.79 Å². The minimum absolute atomic E-state index is 0.0138. The molecule has 5 nitrogen and oxygen atoms in total. The van der Waals surface area contributed by atoms with E-state index in [0.717, 1.165) is 30.9 Å². The van der Waals surface area contributed by atoms with Crippen molar-refractivity contribution in [2.24, 2.45) is 0 Å². The van der Waals surface area contributed by atoms with Crippen LogP contribution >= 0.6 is 0 Å². The van der Waals surface area contributed by atoms with E-state index in [2.05, 4.69) is 36.2 Å². The van der Waals surface area contributed by atoms with Gasteiger partial charge >= 0.3 is 0 Å². The molecule has 1 atom stereocenters. The van der Waals surface area contributed by atoms with Gasteiger partial charge in [-0.1, -0.05) is 38.1 Å². The van der Waals surface area contributed by atoms with Crippen molar-refractivity contribution < 1.29 is 14.3 Å². The Bertz CT molecular complexity index is 739. The normalized spacial score (nSPS) is 15.3. The molecule has 0 spiro atoms. The van der Waals surface area contributed by atoms with Crippen molar-refractivity contribution in [3.05, 3.63) is 54.1 Å². The average Bonchev–Trinajstić information content (AvgIpc) is 2.73. The van der Waals surface area contributed by atoms with Gasteiger partial charge in [0.25, 0.3) is 5.91 Å². The molecule has 0 aliphatic carbocycles. The Kier molecular flexibility index (Phi) is 6.71. The zero-order chi connectivity index (χ0) is 19.1. The lowest BCUT2D eigenvalue weighted by Crippen LogP contribution is -2.36. The first-order valence-electron chi connectivity index (χ1n) is 9.61. The minimum atomic E-state index is -0.165. The largest absolute Gasteiger partial charge is 0.484 e. The number of ether oxygens (including phenoxy) is 2. The van der Waals surface area contributed by atoms with Crippen LogP contribution in [0.15, 0.2) is 48.5 Å². The molecule has 2 aromatic rings. The summed E-state index contributed by atoms with van der Waals surface area (Å²) < 4.78 is 11.1. The second-order valence-corrected chi connectivity index (χ2v) is 6.83. The van der Waals surface area contributed by atoms with Crippen molar-refractivity contribution in [3.8, 4) is 5.75 Å². The van der Waals surface area contributed by atoms with Gasteiger partial charge in [0.05, 0.1) is 24.6 Å². The molecule has 0 unspecified atom stereocenters. The van der Waals surface area contributed by atoms with E-state index in [1.165, 1.54) is 5.56 Å². The molecule has 1 amide bonds.